The third-order valence-electron chi connectivity index (χ3n) is 12.0. The van der Waals surface area contributed by atoms with Crippen molar-refractivity contribution in [1.82, 2.24) is 25.8 Å². The first-order valence-corrected chi connectivity index (χ1v) is 22.6. The number of carbonyl (C=O) groups excluding carboxylic acids is 4. The quantitative estimate of drug-likeness (QED) is 0.0952. The number of amidine groups is 1. The maximum absolute atomic E-state index is 13.7. The number of piperidine rings is 1. The third-order valence-corrected chi connectivity index (χ3v) is 12.0. The summed E-state index contributed by atoms with van der Waals surface area (Å²) in [6, 6.07) is 8.45. The highest BCUT2D eigenvalue weighted by Crippen LogP contribution is 2.69. The molecule has 3 heterocycles. The van der Waals surface area contributed by atoms with E-state index in [4.69, 9.17) is 33.4 Å². The van der Waals surface area contributed by atoms with Crippen LogP contribution >= 0.6 is 0 Å². The van der Waals surface area contributed by atoms with E-state index in [2.05, 4.69) is 30.8 Å². The molecule has 66 heavy (non-hydrogen) atoms. The van der Waals surface area contributed by atoms with Crippen molar-refractivity contribution in [3.8, 4) is 11.5 Å². The zero-order valence-corrected chi connectivity index (χ0v) is 39.9. The van der Waals surface area contributed by atoms with Gasteiger partial charge in [-0.2, -0.15) is 0 Å². The number of likely N-dealkylation sites (tertiary alicyclic amines) is 1. The van der Waals surface area contributed by atoms with Crippen LogP contribution in [-0.4, -0.2) is 98.5 Å². The van der Waals surface area contributed by atoms with Gasteiger partial charge in [-0.3, -0.25) is 15.5 Å². The maximum atomic E-state index is 13.7. The molecule has 1 saturated carbocycles. The lowest BCUT2D eigenvalue weighted by Crippen LogP contribution is -2.74. The van der Waals surface area contributed by atoms with Crippen LogP contribution in [0.4, 0.5) is 24.9 Å². The Bertz CT molecular complexity index is 2500. The van der Waals surface area contributed by atoms with Crippen LogP contribution in [0.15, 0.2) is 40.3 Å². The fourth-order valence-electron chi connectivity index (χ4n) is 9.74. The van der Waals surface area contributed by atoms with Gasteiger partial charge in [-0.25, -0.2) is 29.5 Å². The van der Waals surface area contributed by atoms with Crippen molar-refractivity contribution in [2.75, 3.05) is 13.1 Å². The molecule has 4 amide bonds. The van der Waals surface area contributed by atoms with E-state index in [0.29, 0.717) is 35.7 Å². The number of benzene rings is 2. The van der Waals surface area contributed by atoms with Gasteiger partial charge in [0.15, 0.2) is 17.6 Å². The number of ether oxygens (including phenoxy) is 6. The molecule has 2 bridgehead atoms. The molecular formula is C48H63N7O11. The molecule has 3 aliphatic carbocycles. The lowest BCUT2D eigenvalue weighted by Gasteiger charge is -2.62. The number of aliphatic hydroxyl groups is 1. The van der Waals surface area contributed by atoms with Crippen molar-refractivity contribution >= 4 is 52.9 Å². The fraction of sp³-hybridized carbons (Fsp3) is 0.583. The predicted octanol–water partition coefficient (Wildman–Crippen LogP) is 8.10. The third kappa shape index (κ3) is 9.39. The molecule has 1 aromatic heterocycles. The number of nitrogens with one attached hydrogen (secondary N) is 4. The highest BCUT2D eigenvalue weighted by Gasteiger charge is 2.73. The van der Waals surface area contributed by atoms with Gasteiger partial charge in [-0.15, -0.1) is 4.99 Å². The van der Waals surface area contributed by atoms with E-state index in [9.17, 15) is 24.3 Å². The molecule has 1 saturated heterocycles. The fourth-order valence-corrected chi connectivity index (χ4v) is 9.74. The molecule has 5 aliphatic rings. The standard InChI is InChI=1S/C48H63N7O11/c1-43(2,3)63-39(56)51-37(52-40(57)64-44(4,5)6)49-29-15-13-14-27-28-23-48(60)31-22-26-18-19-30(61-38(53-41(58)65-45(7,8)9)54-42(59)66-46(10,11)12)35-32(26)47(48,20-21-55(31)24-25-16-17-25)36(62-35)34(28)50-33(27)29/h13-15,18-19,25,31,36,50,60H,16-17,20-24H2,1-12H3,(H,53,54,58,59)(H2,49,51,52,56,57)/t31-,36-,47-,48+/m0/s1. The van der Waals surface area contributed by atoms with Gasteiger partial charge in [0, 0.05) is 30.0 Å². The second-order valence-corrected chi connectivity index (χ2v) is 22.0. The Morgan fingerprint density at radius 3 is 2.03 bits per heavy atom. The number of hydrogen-bond acceptors (Lipinski definition) is 13. The Kier molecular flexibility index (Phi) is 11.4. The molecule has 4 atom stereocenters. The van der Waals surface area contributed by atoms with Gasteiger partial charge in [-0.05, 0) is 144 Å². The number of aliphatic imine (C=N–C) groups is 2. The summed E-state index contributed by atoms with van der Waals surface area (Å²) in [4.78, 5) is 67.2. The molecule has 18 heteroatoms. The van der Waals surface area contributed by atoms with Crippen molar-refractivity contribution in [1.29, 1.82) is 0 Å². The van der Waals surface area contributed by atoms with Gasteiger partial charge in [0.1, 0.15) is 22.4 Å². The van der Waals surface area contributed by atoms with Crippen LogP contribution in [0, 0.1) is 5.92 Å². The number of hydrogen-bond donors (Lipinski definition) is 5. The summed E-state index contributed by atoms with van der Waals surface area (Å²) >= 11 is 0. The molecule has 2 aliphatic heterocycles. The molecule has 8 rings (SSSR count). The van der Waals surface area contributed by atoms with Crippen molar-refractivity contribution in [3.63, 3.8) is 0 Å². The topological polar surface area (TPSA) is 224 Å². The number of alkyl carbamates (subject to hydrolysis) is 3. The zero-order valence-electron chi connectivity index (χ0n) is 39.9. The van der Waals surface area contributed by atoms with E-state index in [-0.39, 0.29) is 24.2 Å². The lowest BCUT2D eigenvalue weighted by molar-refractivity contribution is -0.173. The number of nitrogens with zero attached hydrogens (tertiary/aromatic N) is 3. The first kappa shape index (κ1) is 46.6. The second-order valence-electron chi connectivity index (χ2n) is 22.0. The number of aromatic amines is 1. The van der Waals surface area contributed by atoms with Crippen LogP contribution in [0.2, 0.25) is 0 Å². The van der Waals surface area contributed by atoms with E-state index < -0.39 is 69.9 Å². The number of aromatic nitrogens is 1. The number of carbonyl (C=O) groups is 4. The molecule has 3 aromatic rings. The number of guanidine groups is 1. The molecule has 356 valence electrons. The summed E-state index contributed by atoms with van der Waals surface area (Å²) in [6.45, 7) is 22.1. The van der Waals surface area contributed by atoms with Crippen LogP contribution in [0.5, 0.6) is 11.5 Å². The van der Waals surface area contributed by atoms with Crippen LogP contribution in [0.3, 0.4) is 0 Å². The second kappa shape index (κ2) is 16.2. The number of H-pyrrole nitrogens is 1. The summed E-state index contributed by atoms with van der Waals surface area (Å²) < 4.78 is 35.4. The van der Waals surface area contributed by atoms with Crippen LogP contribution in [0.1, 0.15) is 131 Å². The molecule has 1 spiro atoms. The Morgan fingerprint density at radius 2 is 1.44 bits per heavy atom. The van der Waals surface area contributed by atoms with E-state index in [1.807, 2.05) is 18.2 Å². The van der Waals surface area contributed by atoms with Crippen molar-refractivity contribution in [2.45, 2.75) is 161 Å². The van der Waals surface area contributed by atoms with Crippen LogP contribution < -0.4 is 25.4 Å². The molecule has 0 radical (unpaired) electrons. The van der Waals surface area contributed by atoms with Crippen LogP contribution in [-0.2, 0) is 37.2 Å². The van der Waals surface area contributed by atoms with E-state index in [1.165, 1.54) is 0 Å². The van der Waals surface area contributed by atoms with E-state index in [0.717, 1.165) is 53.7 Å². The Morgan fingerprint density at radius 1 is 0.833 bits per heavy atom. The average molecular weight is 914 g/mol. The van der Waals surface area contributed by atoms with Gasteiger partial charge in [0.2, 0.25) is 5.96 Å². The van der Waals surface area contributed by atoms with E-state index >= 15 is 0 Å². The van der Waals surface area contributed by atoms with Gasteiger partial charge >= 0.3 is 30.4 Å². The maximum Gasteiger partial charge on any atom is 0.438 e. The molecule has 18 nitrogen and oxygen atoms in total. The largest absolute Gasteiger partial charge is 0.479 e. The molecule has 2 aromatic carbocycles. The van der Waals surface area contributed by atoms with Crippen molar-refractivity contribution in [2.24, 2.45) is 15.9 Å². The molecule has 0 unspecified atom stereocenters. The number of fused-ring (bicyclic) bond motifs is 4. The first-order chi connectivity index (χ1) is 30.6. The van der Waals surface area contributed by atoms with Gasteiger partial charge in [0.25, 0.3) is 0 Å². The highest BCUT2D eigenvalue weighted by molar-refractivity contribution is 6.04. The SMILES string of the molecule is CC(C)(C)OC(=O)/N=C(\NC(=O)OC(C)(C)C)Oc1ccc2c3c1O[C@H]1c4[nH]c5c(N=C(NC(=O)OC(C)(C)C)NC(=O)OC(C)(C)C)cccc5c4C[C@@]4(O)[C@H](C2)N(CC2CC2)CC[C@]314. The summed E-state index contributed by atoms with van der Waals surface area (Å²) in [5.74, 6) is 0.863. The summed E-state index contributed by atoms with van der Waals surface area (Å²) in [6.07, 6.45) is -0.642. The zero-order chi connectivity index (χ0) is 47.9. The monoisotopic (exact) mass is 913 g/mol. The minimum atomic E-state index is -1.33. The minimum Gasteiger partial charge on any atom is -0.479 e. The Hall–Kier alpha value is -5.88. The Labute approximate surface area is 384 Å². The van der Waals surface area contributed by atoms with Gasteiger partial charge in [0.05, 0.1) is 27.9 Å². The Balaban J connectivity index is 1.24. The van der Waals surface area contributed by atoms with Gasteiger partial charge < -0.3 is 38.5 Å². The van der Waals surface area contributed by atoms with Crippen LogP contribution in [0.25, 0.3) is 10.9 Å². The molecular weight excluding hydrogens is 851 g/mol. The summed E-state index contributed by atoms with van der Waals surface area (Å²) in [5, 5.41) is 22.1. The van der Waals surface area contributed by atoms with Gasteiger partial charge in [-0.1, -0.05) is 18.2 Å². The number of rotatable bonds is 4. The average Bonchev–Trinajstić information content (AvgIpc) is 3.77. The number of amides is 4. The minimum absolute atomic E-state index is 0.158. The highest BCUT2D eigenvalue weighted by atomic mass is 16.6. The normalized spacial score (nSPS) is 23.4. The van der Waals surface area contributed by atoms with Crippen molar-refractivity contribution in [3.05, 3.63) is 52.7 Å². The van der Waals surface area contributed by atoms with Crippen molar-refractivity contribution < 1.29 is 52.7 Å². The smallest absolute Gasteiger partial charge is 0.438 e. The van der Waals surface area contributed by atoms with E-state index in [1.54, 1.807) is 95.2 Å². The number of para-hydroxylation sites is 1. The molecule has 5 N–H and O–H groups in total. The molecule has 2 fully saturated rings. The predicted molar refractivity (Wildman–Crippen MR) is 244 cm³/mol. The first-order valence-electron chi connectivity index (χ1n) is 22.6. The summed E-state index contributed by atoms with van der Waals surface area (Å²) in [7, 11) is 0. The summed E-state index contributed by atoms with van der Waals surface area (Å²) in [5.41, 5.74) is -1.43. The lowest BCUT2D eigenvalue weighted by atomic mass is 9.49.